The van der Waals surface area contributed by atoms with Gasteiger partial charge in [-0.1, -0.05) is 29.9 Å². The molecule has 0 saturated carbocycles. The largest absolute Gasteiger partial charge is 0.389 e. The lowest BCUT2D eigenvalue weighted by atomic mass is 10.2. The van der Waals surface area contributed by atoms with Gasteiger partial charge in [0, 0.05) is 11.8 Å². The standard InChI is InChI=1S/C10H13ClN2O4S3/c1-19(14,15)4-5-20(16,17)13-9-6-7(10(12)18)2-3-8(9)11/h2-3,6,13H,4-5H2,1H3,(H2,12,18). The lowest BCUT2D eigenvalue weighted by Gasteiger charge is -2.10. The lowest BCUT2D eigenvalue weighted by Crippen LogP contribution is -2.22. The average molecular weight is 357 g/mol. The van der Waals surface area contributed by atoms with Gasteiger partial charge in [-0.05, 0) is 12.1 Å². The number of hydrogen-bond acceptors (Lipinski definition) is 5. The van der Waals surface area contributed by atoms with Crippen LogP contribution in [0, 0.1) is 0 Å². The highest BCUT2D eigenvalue weighted by atomic mass is 35.5. The van der Waals surface area contributed by atoms with Crippen molar-refractivity contribution >= 4 is 54.4 Å². The molecule has 0 spiro atoms. The summed E-state index contributed by atoms with van der Waals surface area (Å²) >= 11 is 10.7. The van der Waals surface area contributed by atoms with E-state index in [0.29, 0.717) is 5.56 Å². The van der Waals surface area contributed by atoms with Crippen LogP contribution < -0.4 is 10.5 Å². The number of sulfone groups is 1. The Bertz CT molecular complexity index is 729. The first-order chi connectivity index (χ1) is 9.00. The molecule has 0 amide bonds. The number of nitrogens with two attached hydrogens (primary N) is 1. The van der Waals surface area contributed by atoms with E-state index in [2.05, 4.69) is 4.72 Å². The molecule has 0 saturated heterocycles. The smallest absolute Gasteiger partial charge is 0.233 e. The van der Waals surface area contributed by atoms with Crippen LogP contribution in [-0.4, -0.2) is 39.6 Å². The third-order valence-corrected chi connectivity index (χ3v) is 5.28. The average Bonchev–Trinajstić information content (AvgIpc) is 2.28. The highest BCUT2D eigenvalue weighted by molar-refractivity contribution is 7.95. The van der Waals surface area contributed by atoms with E-state index in [-0.39, 0.29) is 15.7 Å². The minimum Gasteiger partial charge on any atom is -0.389 e. The summed E-state index contributed by atoms with van der Waals surface area (Å²) in [6, 6.07) is 4.39. The summed E-state index contributed by atoms with van der Waals surface area (Å²) in [5.41, 5.74) is 6.00. The summed E-state index contributed by atoms with van der Waals surface area (Å²) in [5, 5.41) is 0.160. The van der Waals surface area contributed by atoms with E-state index in [1.807, 2.05) is 0 Å². The van der Waals surface area contributed by atoms with Crippen LogP contribution in [0.5, 0.6) is 0 Å². The van der Waals surface area contributed by atoms with Crippen LogP contribution in [0.1, 0.15) is 5.56 Å². The molecular weight excluding hydrogens is 344 g/mol. The Morgan fingerprint density at radius 1 is 1.30 bits per heavy atom. The van der Waals surface area contributed by atoms with Crippen LogP contribution >= 0.6 is 23.8 Å². The summed E-state index contributed by atoms with van der Waals surface area (Å²) in [4.78, 5) is 0.0956. The van der Waals surface area contributed by atoms with Gasteiger partial charge in [0.15, 0.2) is 0 Å². The van der Waals surface area contributed by atoms with Crippen LogP contribution in [0.15, 0.2) is 18.2 Å². The van der Waals surface area contributed by atoms with Crippen molar-refractivity contribution in [2.45, 2.75) is 0 Å². The van der Waals surface area contributed by atoms with Crippen LogP contribution in [0.3, 0.4) is 0 Å². The Hall–Kier alpha value is -0.900. The molecule has 3 N–H and O–H groups in total. The molecule has 1 aromatic rings. The van der Waals surface area contributed by atoms with E-state index < -0.39 is 31.4 Å². The van der Waals surface area contributed by atoms with E-state index in [9.17, 15) is 16.8 Å². The zero-order valence-corrected chi connectivity index (χ0v) is 13.7. The molecule has 0 aromatic heterocycles. The number of hydrogen-bond donors (Lipinski definition) is 2. The van der Waals surface area contributed by atoms with Crippen molar-refractivity contribution in [3.05, 3.63) is 28.8 Å². The number of sulfonamides is 1. The van der Waals surface area contributed by atoms with Crippen molar-refractivity contribution < 1.29 is 16.8 Å². The van der Waals surface area contributed by atoms with Crippen molar-refractivity contribution in [1.82, 2.24) is 0 Å². The van der Waals surface area contributed by atoms with Gasteiger partial charge in [0.2, 0.25) is 10.0 Å². The predicted molar refractivity (Wildman–Crippen MR) is 84.5 cm³/mol. The fraction of sp³-hybridized carbons (Fsp3) is 0.300. The topological polar surface area (TPSA) is 106 Å². The van der Waals surface area contributed by atoms with Gasteiger partial charge in [0.1, 0.15) is 14.8 Å². The summed E-state index contributed by atoms with van der Waals surface area (Å²) in [6.45, 7) is 0. The Morgan fingerprint density at radius 2 is 1.90 bits per heavy atom. The van der Waals surface area contributed by atoms with Gasteiger partial charge in [-0.25, -0.2) is 16.8 Å². The molecule has 0 fully saturated rings. The van der Waals surface area contributed by atoms with Gasteiger partial charge in [-0.3, -0.25) is 4.72 Å². The van der Waals surface area contributed by atoms with Gasteiger partial charge in [-0.15, -0.1) is 0 Å². The number of benzene rings is 1. The number of rotatable bonds is 6. The van der Waals surface area contributed by atoms with Gasteiger partial charge >= 0.3 is 0 Å². The minimum atomic E-state index is -3.83. The molecule has 0 atom stereocenters. The first kappa shape index (κ1) is 17.2. The first-order valence-electron chi connectivity index (χ1n) is 5.28. The third kappa shape index (κ3) is 5.61. The summed E-state index contributed by atoms with van der Waals surface area (Å²) < 4.78 is 47.8. The second-order valence-electron chi connectivity index (χ2n) is 4.11. The van der Waals surface area contributed by atoms with Gasteiger partial charge in [0.05, 0.1) is 22.2 Å². The van der Waals surface area contributed by atoms with Crippen molar-refractivity contribution in [2.75, 3.05) is 22.5 Å². The Labute approximate surface area is 128 Å². The van der Waals surface area contributed by atoms with Crippen molar-refractivity contribution in [1.29, 1.82) is 0 Å². The molecule has 0 unspecified atom stereocenters. The van der Waals surface area contributed by atoms with E-state index in [1.54, 1.807) is 6.07 Å². The number of halogens is 1. The van der Waals surface area contributed by atoms with Crippen molar-refractivity contribution in [3.8, 4) is 0 Å². The fourth-order valence-corrected chi connectivity index (χ4v) is 4.28. The molecule has 0 aliphatic heterocycles. The highest BCUT2D eigenvalue weighted by Gasteiger charge is 2.16. The van der Waals surface area contributed by atoms with E-state index in [1.165, 1.54) is 12.1 Å². The van der Waals surface area contributed by atoms with Crippen LogP contribution in [0.25, 0.3) is 0 Å². The molecule has 112 valence electrons. The highest BCUT2D eigenvalue weighted by Crippen LogP contribution is 2.24. The molecule has 0 radical (unpaired) electrons. The Kier molecular flexibility index (Phi) is 5.36. The zero-order valence-electron chi connectivity index (χ0n) is 10.5. The number of thiocarbonyl (C=S) groups is 1. The van der Waals surface area contributed by atoms with E-state index in [4.69, 9.17) is 29.6 Å². The van der Waals surface area contributed by atoms with Crippen LogP contribution in [0.2, 0.25) is 5.02 Å². The molecule has 0 aliphatic carbocycles. The first-order valence-corrected chi connectivity index (χ1v) is 9.78. The number of anilines is 1. The molecule has 1 aromatic carbocycles. The molecule has 10 heteroatoms. The lowest BCUT2D eigenvalue weighted by molar-refractivity contribution is 0.593. The summed E-state index contributed by atoms with van der Waals surface area (Å²) in [5.74, 6) is -1.03. The maximum absolute atomic E-state index is 11.8. The van der Waals surface area contributed by atoms with Gasteiger partial charge < -0.3 is 5.73 Å². The fourth-order valence-electron chi connectivity index (χ4n) is 1.24. The molecule has 20 heavy (non-hydrogen) atoms. The quantitative estimate of drug-likeness (QED) is 0.729. The monoisotopic (exact) mass is 356 g/mol. The minimum absolute atomic E-state index is 0.0956. The molecule has 1 rings (SSSR count). The Balaban J connectivity index is 2.97. The summed E-state index contributed by atoms with van der Waals surface area (Å²) in [6.07, 6.45) is 0.961. The van der Waals surface area contributed by atoms with Gasteiger partial charge in [0.25, 0.3) is 0 Å². The predicted octanol–water partition coefficient (Wildman–Crippen LogP) is 0.761. The molecular formula is C10H13ClN2O4S3. The molecule has 0 aliphatic rings. The SMILES string of the molecule is CS(=O)(=O)CCS(=O)(=O)Nc1cc(C(N)=S)ccc1Cl. The summed E-state index contributed by atoms with van der Waals surface area (Å²) in [7, 11) is -7.20. The van der Waals surface area contributed by atoms with E-state index in [0.717, 1.165) is 6.26 Å². The van der Waals surface area contributed by atoms with Crippen LogP contribution in [0.4, 0.5) is 5.69 Å². The number of nitrogens with one attached hydrogen (secondary N) is 1. The van der Waals surface area contributed by atoms with Crippen molar-refractivity contribution in [2.24, 2.45) is 5.73 Å². The second-order valence-corrected chi connectivity index (χ2v) is 9.06. The Morgan fingerprint density at radius 3 is 2.40 bits per heavy atom. The van der Waals surface area contributed by atoms with E-state index >= 15 is 0 Å². The van der Waals surface area contributed by atoms with Crippen LogP contribution in [-0.2, 0) is 19.9 Å². The molecule has 0 heterocycles. The maximum atomic E-state index is 11.8. The molecule has 6 nitrogen and oxygen atoms in total. The second kappa shape index (κ2) is 6.25. The van der Waals surface area contributed by atoms with Crippen molar-refractivity contribution in [3.63, 3.8) is 0 Å². The zero-order chi connectivity index (χ0) is 15.6. The maximum Gasteiger partial charge on any atom is 0.233 e. The third-order valence-electron chi connectivity index (χ3n) is 2.24. The van der Waals surface area contributed by atoms with Gasteiger partial charge in [-0.2, -0.15) is 0 Å². The normalized spacial score (nSPS) is 12.1. The molecule has 0 bridgehead atoms.